The Morgan fingerprint density at radius 1 is 1.30 bits per heavy atom. The van der Waals surface area contributed by atoms with Crippen molar-refractivity contribution in [2.75, 3.05) is 6.61 Å². The maximum absolute atomic E-state index is 12.1. The molecule has 0 saturated heterocycles. The van der Waals surface area contributed by atoms with Crippen molar-refractivity contribution in [2.24, 2.45) is 0 Å². The number of amides is 1. The van der Waals surface area contributed by atoms with E-state index in [-0.39, 0.29) is 25.0 Å². The number of carbonyl (C=O) groups excluding carboxylic acids is 1. The van der Waals surface area contributed by atoms with E-state index in [9.17, 15) is 4.79 Å². The van der Waals surface area contributed by atoms with Crippen LogP contribution in [0.25, 0.3) is 10.6 Å². The van der Waals surface area contributed by atoms with Crippen LogP contribution in [-0.4, -0.2) is 28.6 Å². The molecule has 4 nitrogen and oxygen atoms in total. The normalized spacial score (nSPS) is 12.1. The lowest BCUT2D eigenvalue weighted by Gasteiger charge is -2.15. The molecule has 23 heavy (non-hydrogen) atoms. The summed E-state index contributed by atoms with van der Waals surface area (Å²) in [6.07, 6.45) is 2.72. The first-order chi connectivity index (χ1) is 11.2. The van der Waals surface area contributed by atoms with E-state index in [0.717, 1.165) is 29.1 Å². The molecule has 0 bridgehead atoms. The van der Waals surface area contributed by atoms with Gasteiger partial charge in [0, 0.05) is 23.6 Å². The smallest absolute Gasteiger partial charge is 0.226 e. The fourth-order valence-electron chi connectivity index (χ4n) is 2.38. The maximum atomic E-state index is 12.1. The first-order valence-electron chi connectivity index (χ1n) is 8.10. The largest absolute Gasteiger partial charge is 0.396 e. The molecule has 2 aromatic rings. The van der Waals surface area contributed by atoms with Gasteiger partial charge in [0.05, 0.1) is 12.1 Å². The van der Waals surface area contributed by atoms with Crippen LogP contribution >= 0.6 is 11.3 Å². The van der Waals surface area contributed by atoms with Crippen LogP contribution < -0.4 is 5.32 Å². The highest BCUT2D eigenvalue weighted by Gasteiger charge is 2.12. The predicted molar refractivity (Wildman–Crippen MR) is 94.6 cm³/mol. The quantitative estimate of drug-likeness (QED) is 0.780. The Hall–Kier alpha value is -1.72. The number of rotatable bonds is 8. The van der Waals surface area contributed by atoms with Gasteiger partial charge < -0.3 is 10.4 Å². The van der Waals surface area contributed by atoms with Crippen LogP contribution in [0.1, 0.15) is 37.9 Å². The van der Waals surface area contributed by atoms with Crippen molar-refractivity contribution < 1.29 is 9.90 Å². The summed E-state index contributed by atoms with van der Waals surface area (Å²) >= 11 is 1.56. The summed E-state index contributed by atoms with van der Waals surface area (Å²) in [6.45, 7) is 4.23. The van der Waals surface area contributed by atoms with Gasteiger partial charge in [-0.15, -0.1) is 11.3 Å². The molecule has 0 spiro atoms. The lowest BCUT2D eigenvalue weighted by Crippen LogP contribution is -2.36. The molecule has 5 heteroatoms. The molecule has 2 N–H and O–H groups in total. The molecule has 124 valence electrons. The van der Waals surface area contributed by atoms with E-state index in [2.05, 4.69) is 41.5 Å². The van der Waals surface area contributed by atoms with Crippen LogP contribution in [-0.2, 0) is 17.6 Å². The molecule has 0 fully saturated rings. The van der Waals surface area contributed by atoms with E-state index >= 15 is 0 Å². The highest BCUT2D eigenvalue weighted by Crippen LogP contribution is 2.24. The average molecular weight is 332 g/mol. The minimum Gasteiger partial charge on any atom is -0.396 e. The van der Waals surface area contributed by atoms with Crippen LogP contribution in [0.5, 0.6) is 0 Å². The van der Waals surface area contributed by atoms with E-state index in [4.69, 9.17) is 5.11 Å². The Bertz CT molecular complexity index is 622. The lowest BCUT2D eigenvalue weighted by atomic mass is 10.1. The van der Waals surface area contributed by atoms with Gasteiger partial charge in [-0.3, -0.25) is 4.79 Å². The first kappa shape index (κ1) is 17.6. The number of hydrogen-bond acceptors (Lipinski definition) is 4. The fraction of sp³-hybridized carbons (Fsp3) is 0.444. The molecule has 0 radical (unpaired) electrons. The van der Waals surface area contributed by atoms with Crippen molar-refractivity contribution in [3.05, 3.63) is 40.9 Å². The zero-order chi connectivity index (χ0) is 16.7. The molecule has 1 aromatic heterocycles. The third-order valence-corrected chi connectivity index (χ3v) is 4.78. The highest BCUT2D eigenvalue weighted by atomic mass is 32.1. The van der Waals surface area contributed by atoms with Crippen LogP contribution in [0.15, 0.2) is 29.6 Å². The van der Waals surface area contributed by atoms with E-state index < -0.39 is 0 Å². The van der Waals surface area contributed by atoms with Gasteiger partial charge in [0.2, 0.25) is 5.91 Å². The van der Waals surface area contributed by atoms with Crippen LogP contribution in [0.2, 0.25) is 0 Å². The number of carbonyl (C=O) groups is 1. The number of nitrogens with one attached hydrogen (secondary N) is 1. The summed E-state index contributed by atoms with van der Waals surface area (Å²) in [6, 6.07) is 8.42. The SMILES string of the molecule is CCc1ccc(-c2nc(CC(=O)NC(CC)CCO)cs2)cc1. The minimum atomic E-state index is -0.0384. The topological polar surface area (TPSA) is 62.2 Å². The Labute approximate surface area is 141 Å². The van der Waals surface area contributed by atoms with Gasteiger partial charge in [0.25, 0.3) is 0 Å². The fourth-order valence-corrected chi connectivity index (χ4v) is 3.21. The third-order valence-electron chi connectivity index (χ3n) is 3.84. The van der Waals surface area contributed by atoms with E-state index in [1.165, 1.54) is 5.56 Å². The van der Waals surface area contributed by atoms with E-state index in [1.54, 1.807) is 11.3 Å². The zero-order valence-electron chi connectivity index (χ0n) is 13.7. The second-order valence-electron chi connectivity index (χ2n) is 5.56. The van der Waals surface area contributed by atoms with Gasteiger partial charge in [-0.25, -0.2) is 4.98 Å². The predicted octanol–water partition coefficient (Wildman–Crippen LogP) is 3.19. The molecule has 0 saturated carbocycles. The summed E-state index contributed by atoms with van der Waals surface area (Å²) in [5.74, 6) is -0.0384. The molecule has 1 heterocycles. The minimum absolute atomic E-state index is 0.0344. The third kappa shape index (κ3) is 5.15. The molecule has 1 amide bonds. The number of aromatic nitrogens is 1. The summed E-state index contributed by atoms with van der Waals surface area (Å²) in [5, 5.41) is 14.8. The van der Waals surface area contributed by atoms with Crippen molar-refractivity contribution in [1.82, 2.24) is 10.3 Å². The Morgan fingerprint density at radius 2 is 2.04 bits per heavy atom. The van der Waals surface area contributed by atoms with Crippen molar-refractivity contribution >= 4 is 17.2 Å². The highest BCUT2D eigenvalue weighted by molar-refractivity contribution is 7.13. The lowest BCUT2D eigenvalue weighted by molar-refractivity contribution is -0.121. The van der Waals surface area contributed by atoms with E-state index in [0.29, 0.717) is 6.42 Å². The molecular weight excluding hydrogens is 308 g/mol. The number of nitrogens with zero attached hydrogens (tertiary/aromatic N) is 1. The molecule has 1 unspecified atom stereocenters. The van der Waals surface area contributed by atoms with Crippen LogP contribution in [0.4, 0.5) is 0 Å². The Balaban J connectivity index is 1.97. The average Bonchev–Trinajstić information content (AvgIpc) is 3.02. The van der Waals surface area contributed by atoms with Gasteiger partial charge in [0.15, 0.2) is 0 Å². The second kappa shape index (κ2) is 8.79. The summed E-state index contributed by atoms with van der Waals surface area (Å²) in [4.78, 5) is 16.6. The molecule has 0 aliphatic heterocycles. The number of benzene rings is 1. The van der Waals surface area contributed by atoms with Crippen molar-refractivity contribution in [3.63, 3.8) is 0 Å². The number of thiazole rings is 1. The number of aliphatic hydroxyl groups is 1. The van der Waals surface area contributed by atoms with Crippen molar-refractivity contribution in [1.29, 1.82) is 0 Å². The molecule has 2 rings (SSSR count). The van der Waals surface area contributed by atoms with Crippen molar-refractivity contribution in [3.8, 4) is 10.6 Å². The van der Waals surface area contributed by atoms with Gasteiger partial charge in [-0.05, 0) is 24.8 Å². The monoisotopic (exact) mass is 332 g/mol. The number of hydrogen-bond donors (Lipinski definition) is 2. The Morgan fingerprint density at radius 3 is 2.65 bits per heavy atom. The number of aliphatic hydroxyl groups excluding tert-OH is 1. The van der Waals surface area contributed by atoms with Crippen molar-refractivity contribution in [2.45, 2.75) is 45.6 Å². The van der Waals surface area contributed by atoms with Crippen LogP contribution in [0.3, 0.4) is 0 Å². The molecule has 0 aliphatic carbocycles. The summed E-state index contributed by atoms with van der Waals surface area (Å²) in [7, 11) is 0. The van der Waals surface area contributed by atoms with Crippen LogP contribution in [0, 0.1) is 0 Å². The van der Waals surface area contributed by atoms with Gasteiger partial charge in [0.1, 0.15) is 5.01 Å². The molecule has 1 atom stereocenters. The van der Waals surface area contributed by atoms with Gasteiger partial charge >= 0.3 is 0 Å². The second-order valence-corrected chi connectivity index (χ2v) is 6.41. The first-order valence-corrected chi connectivity index (χ1v) is 8.98. The molecular formula is C18H24N2O2S. The summed E-state index contributed by atoms with van der Waals surface area (Å²) in [5.41, 5.74) is 3.19. The summed E-state index contributed by atoms with van der Waals surface area (Å²) < 4.78 is 0. The standard InChI is InChI=1S/C18H24N2O2S/c1-3-13-5-7-14(8-6-13)18-20-16(12-23-18)11-17(22)19-15(4-2)9-10-21/h5-8,12,15,21H,3-4,9-11H2,1-2H3,(H,19,22). The van der Waals surface area contributed by atoms with Gasteiger partial charge in [-0.2, -0.15) is 0 Å². The number of aryl methyl sites for hydroxylation is 1. The molecule has 0 aliphatic rings. The molecule has 1 aromatic carbocycles. The van der Waals surface area contributed by atoms with Gasteiger partial charge in [-0.1, -0.05) is 38.1 Å². The van der Waals surface area contributed by atoms with E-state index in [1.807, 2.05) is 12.3 Å². The Kier molecular flexibility index (Phi) is 6.74. The zero-order valence-corrected chi connectivity index (χ0v) is 14.5. The maximum Gasteiger partial charge on any atom is 0.226 e.